The number of fused-ring (bicyclic) bond motifs is 1. The van der Waals surface area contributed by atoms with E-state index in [0.29, 0.717) is 30.7 Å². The number of hydrogen-bond acceptors (Lipinski definition) is 5. The molecule has 3 aromatic heterocycles. The zero-order chi connectivity index (χ0) is 19.7. The summed E-state index contributed by atoms with van der Waals surface area (Å²) in [6.45, 7) is 1.33. The monoisotopic (exact) mass is 378 g/mol. The van der Waals surface area contributed by atoms with Gasteiger partial charge < -0.3 is 9.80 Å². The highest BCUT2D eigenvalue weighted by atomic mass is 16.2. The van der Waals surface area contributed by atoms with Crippen LogP contribution in [0.5, 0.6) is 0 Å². The number of rotatable bonds is 4. The van der Waals surface area contributed by atoms with E-state index >= 15 is 0 Å². The van der Waals surface area contributed by atoms with E-state index in [1.165, 1.54) is 4.90 Å². The fourth-order valence-corrected chi connectivity index (χ4v) is 3.61. The molecule has 0 spiro atoms. The van der Waals surface area contributed by atoms with E-state index in [9.17, 15) is 9.59 Å². The first-order valence-corrected chi connectivity index (χ1v) is 9.26. The first-order chi connectivity index (χ1) is 13.5. The number of carbonyl (C=O) groups excluding carboxylic acids is 2. The molecular formula is C20H22N6O2. The first kappa shape index (κ1) is 18.1. The lowest BCUT2D eigenvalue weighted by atomic mass is 10.0. The molecule has 1 atom stereocenters. The van der Waals surface area contributed by atoms with Crippen molar-refractivity contribution < 1.29 is 9.59 Å². The van der Waals surface area contributed by atoms with Crippen molar-refractivity contribution in [1.29, 1.82) is 0 Å². The molecule has 1 aliphatic rings. The smallest absolute Gasteiger partial charge is 0.258 e. The normalized spacial score (nSPS) is 16.5. The largest absolute Gasteiger partial charge is 0.345 e. The van der Waals surface area contributed by atoms with Crippen LogP contribution in [0.3, 0.4) is 0 Å². The van der Waals surface area contributed by atoms with Gasteiger partial charge in [-0.05, 0) is 24.6 Å². The third-order valence-electron chi connectivity index (χ3n) is 5.08. The highest BCUT2D eigenvalue weighted by molar-refractivity contribution is 5.99. The lowest BCUT2D eigenvalue weighted by molar-refractivity contribution is -0.129. The van der Waals surface area contributed by atoms with Gasteiger partial charge >= 0.3 is 0 Å². The molecule has 0 saturated carbocycles. The van der Waals surface area contributed by atoms with Crippen molar-refractivity contribution in [3.05, 3.63) is 59.8 Å². The number of likely N-dealkylation sites (tertiary alicyclic amines) is 1. The number of pyridine rings is 1. The van der Waals surface area contributed by atoms with Crippen LogP contribution in [-0.4, -0.2) is 68.4 Å². The molecule has 4 heterocycles. The molecule has 1 fully saturated rings. The Kier molecular flexibility index (Phi) is 4.77. The predicted molar refractivity (Wildman–Crippen MR) is 103 cm³/mol. The molecule has 0 N–H and O–H groups in total. The Morgan fingerprint density at radius 3 is 2.79 bits per heavy atom. The van der Waals surface area contributed by atoms with Crippen molar-refractivity contribution in [1.82, 2.24) is 29.4 Å². The minimum absolute atomic E-state index is 0.0791. The van der Waals surface area contributed by atoms with Crippen molar-refractivity contribution >= 4 is 17.5 Å². The van der Waals surface area contributed by atoms with Crippen LogP contribution < -0.4 is 0 Å². The Morgan fingerprint density at radius 2 is 2.04 bits per heavy atom. The number of hydrogen-bond donors (Lipinski definition) is 0. The summed E-state index contributed by atoms with van der Waals surface area (Å²) >= 11 is 0. The third kappa shape index (κ3) is 3.33. The van der Waals surface area contributed by atoms with E-state index < -0.39 is 0 Å². The van der Waals surface area contributed by atoms with Gasteiger partial charge in [0, 0.05) is 51.2 Å². The molecule has 2 amide bonds. The van der Waals surface area contributed by atoms with Crippen LogP contribution in [0.1, 0.15) is 34.1 Å². The van der Waals surface area contributed by atoms with Crippen LogP contribution in [0.2, 0.25) is 0 Å². The van der Waals surface area contributed by atoms with Crippen LogP contribution >= 0.6 is 0 Å². The van der Waals surface area contributed by atoms with Crippen LogP contribution in [0.25, 0.3) is 5.65 Å². The SMILES string of the molecule is CN(C)C(=O)c1cnn2c([C@H]3CCN(C(=O)Cc4ccccn4)C3)ccnc12. The summed E-state index contributed by atoms with van der Waals surface area (Å²) in [5, 5.41) is 4.40. The van der Waals surface area contributed by atoms with Gasteiger partial charge in [-0.2, -0.15) is 5.10 Å². The summed E-state index contributed by atoms with van der Waals surface area (Å²) in [7, 11) is 3.41. The topological polar surface area (TPSA) is 83.7 Å². The maximum Gasteiger partial charge on any atom is 0.258 e. The predicted octanol–water partition coefficient (Wildman–Crippen LogP) is 1.38. The van der Waals surface area contributed by atoms with Gasteiger partial charge in [0.2, 0.25) is 5.91 Å². The zero-order valence-corrected chi connectivity index (χ0v) is 15.9. The Hall–Kier alpha value is -3.29. The van der Waals surface area contributed by atoms with Crippen LogP contribution in [0.15, 0.2) is 42.9 Å². The Bertz CT molecular complexity index is 1010. The highest BCUT2D eigenvalue weighted by Crippen LogP contribution is 2.28. The van der Waals surface area contributed by atoms with E-state index in [-0.39, 0.29) is 17.7 Å². The first-order valence-electron chi connectivity index (χ1n) is 9.26. The minimum Gasteiger partial charge on any atom is -0.345 e. The lowest BCUT2D eigenvalue weighted by Crippen LogP contribution is -2.30. The molecule has 0 bridgehead atoms. The molecule has 4 rings (SSSR count). The summed E-state index contributed by atoms with van der Waals surface area (Å²) in [5.74, 6) is 0.106. The number of nitrogens with zero attached hydrogens (tertiary/aromatic N) is 6. The average Bonchev–Trinajstić information content (AvgIpc) is 3.35. The molecule has 0 radical (unpaired) electrons. The molecule has 1 aliphatic heterocycles. The maximum absolute atomic E-state index is 12.6. The van der Waals surface area contributed by atoms with Crippen molar-refractivity contribution in [2.24, 2.45) is 0 Å². The van der Waals surface area contributed by atoms with Gasteiger partial charge in [0.15, 0.2) is 5.65 Å². The number of amides is 2. The van der Waals surface area contributed by atoms with E-state index in [4.69, 9.17) is 0 Å². The molecule has 8 nitrogen and oxygen atoms in total. The van der Waals surface area contributed by atoms with Gasteiger partial charge in [-0.1, -0.05) is 6.07 Å². The fraction of sp³-hybridized carbons (Fsp3) is 0.350. The quantitative estimate of drug-likeness (QED) is 0.685. The van der Waals surface area contributed by atoms with Crippen LogP contribution in [-0.2, 0) is 11.2 Å². The second-order valence-corrected chi connectivity index (χ2v) is 7.19. The van der Waals surface area contributed by atoms with Gasteiger partial charge in [0.05, 0.1) is 18.3 Å². The van der Waals surface area contributed by atoms with Crippen LogP contribution in [0, 0.1) is 0 Å². The summed E-state index contributed by atoms with van der Waals surface area (Å²) in [6, 6.07) is 7.51. The van der Waals surface area contributed by atoms with E-state index in [2.05, 4.69) is 15.1 Å². The van der Waals surface area contributed by atoms with E-state index in [0.717, 1.165) is 17.8 Å². The highest BCUT2D eigenvalue weighted by Gasteiger charge is 2.30. The Labute approximate surface area is 162 Å². The van der Waals surface area contributed by atoms with E-state index in [1.807, 2.05) is 29.2 Å². The Balaban J connectivity index is 1.53. The molecule has 0 unspecified atom stereocenters. The number of aromatic nitrogens is 4. The summed E-state index contributed by atoms with van der Waals surface area (Å²) in [6.07, 6.45) is 6.13. The second kappa shape index (κ2) is 7.38. The minimum atomic E-state index is -0.127. The summed E-state index contributed by atoms with van der Waals surface area (Å²) in [5.41, 5.74) is 2.78. The van der Waals surface area contributed by atoms with Crippen molar-refractivity contribution in [3.63, 3.8) is 0 Å². The molecule has 8 heteroatoms. The molecule has 144 valence electrons. The fourth-order valence-electron chi connectivity index (χ4n) is 3.61. The molecule has 0 aromatic carbocycles. The van der Waals surface area contributed by atoms with E-state index in [1.54, 1.807) is 37.2 Å². The molecule has 0 aliphatic carbocycles. The van der Waals surface area contributed by atoms with Crippen molar-refractivity contribution in [2.75, 3.05) is 27.2 Å². The van der Waals surface area contributed by atoms with Gasteiger partial charge in [0.1, 0.15) is 5.56 Å². The molecular weight excluding hydrogens is 356 g/mol. The molecule has 3 aromatic rings. The second-order valence-electron chi connectivity index (χ2n) is 7.19. The van der Waals surface area contributed by atoms with Crippen molar-refractivity contribution in [3.8, 4) is 0 Å². The Morgan fingerprint density at radius 1 is 1.18 bits per heavy atom. The number of carbonyl (C=O) groups is 2. The average molecular weight is 378 g/mol. The van der Waals surface area contributed by atoms with Crippen LogP contribution in [0.4, 0.5) is 0 Å². The lowest BCUT2D eigenvalue weighted by Gasteiger charge is -2.17. The third-order valence-corrected chi connectivity index (χ3v) is 5.08. The molecule has 28 heavy (non-hydrogen) atoms. The standard InChI is InChI=1S/C20H22N6O2/c1-24(2)20(28)16-12-23-26-17(6-9-22-19(16)26)14-7-10-25(13-14)18(27)11-15-5-3-4-8-21-15/h3-6,8-9,12,14H,7,10-11,13H2,1-2H3/t14-/m0/s1. The summed E-state index contributed by atoms with van der Waals surface area (Å²) in [4.78, 5) is 36.9. The van der Waals surface area contributed by atoms with Crippen molar-refractivity contribution in [2.45, 2.75) is 18.8 Å². The van der Waals surface area contributed by atoms with Gasteiger partial charge in [-0.25, -0.2) is 9.50 Å². The van der Waals surface area contributed by atoms with Gasteiger partial charge in [-0.15, -0.1) is 0 Å². The summed E-state index contributed by atoms with van der Waals surface area (Å²) < 4.78 is 1.73. The molecule has 1 saturated heterocycles. The zero-order valence-electron chi connectivity index (χ0n) is 15.9. The van der Waals surface area contributed by atoms with Gasteiger partial charge in [-0.3, -0.25) is 14.6 Å². The maximum atomic E-state index is 12.6. The van der Waals surface area contributed by atoms with Gasteiger partial charge in [0.25, 0.3) is 5.91 Å².